The maximum absolute atomic E-state index is 11.9. The second-order valence-electron chi connectivity index (χ2n) is 5.11. The van der Waals surface area contributed by atoms with Gasteiger partial charge in [0.15, 0.2) is 0 Å². The second-order valence-corrected chi connectivity index (χ2v) is 5.11. The minimum Gasteiger partial charge on any atom is -0.497 e. The summed E-state index contributed by atoms with van der Waals surface area (Å²) in [5.74, 6) is 0.146. The highest BCUT2D eigenvalue weighted by atomic mass is 16.5. The van der Waals surface area contributed by atoms with Gasteiger partial charge in [-0.25, -0.2) is 4.79 Å². The Morgan fingerprint density at radius 3 is 2.52 bits per heavy atom. The van der Waals surface area contributed by atoms with Gasteiger partial charge in [-0.2, -0.15) is 0 Å². The number of carbonyl (C=O) groups is 2. The lowest BCUT2D eigenvalue weighted by molar-refractivity contribution is -0.143. The maximum atomic E-state index is 11.9. The first-order valence-corrected chi connectivity index (χ1v) is 6.76. The summed E-state index contributed by atoms with van der Waals surface area (Å²) in [5.41, 5.74) is -0.178. The second kappa shape index (κ2) is 6.03. The van der Waals surface area contributed by atoms with Crippen LogP contribution in [-0.4, -0.2) is 36.7 Å². The molecule has 1 aromatic carbocycles. The molecule has 1 aromatic rings. The molecule has 2 N–H and O–H groups in total. The number of aryl methyl sites for hydroxylation is 1. The van der Waals surface area contributed by atoms with Gasteiger partial charge in [0, 0.05) is 6.42 Å². The van der Waals surface area contributed by atoms with Crippen molar-refractivity contribution in [3.05, 3.63) is 23.8 Å². The minimum absolute atomic E-state index is 0.207. The van der Waals surface area contributed by atoms with Crippen molar-refractivity contribution in [1.82, 2.24) is 5.32 Å². The molecule has 0 aromatic heterocycles. The molecule has 1 aliphatic rings. The van der Waals surface area contributed by atoms with Gasteiger partial charge in [0.25, 0.3) is 0 Å². The summed E-state index contributed by atoms with van der Waals surface area (Å²) in [4.78, 5) is 22.9. The number of carbonyl (C=O) groups excluding carboxylic acids is 1. The number of nitrogens with one attached hydrogen (secondary N) is 1. The Morgan fingerprint density at radius 1 is 1.29 bits per heavy atom. The van der Waals surface area contributed by atoms with Crippen molar-refractivity contribution < 1.29 is 24.2 Å². The van der Waals surface area contributed by atoms with Gasteiger partial charge < -0.3 is 19.9 Å². The molecular weight excluding hydrogens is 274 g/mol. The highest BCUT2D eigenvalue weighted by Gasteiger charge is 2.51. The van der Waals surface area contributed by atoms with Crippen LogP contribution in [0, 0.1) is 0 Å². The van der Waals surface area contributed by atoms with Crippen LogP contribution in [0.2, 0.25) is 0 Å². The summed E-state index contributed by atoms with van der Waals surface area (Å²) in [6.07, 6.45) is 1.66. The number of benzene rings is 1. The Bertz CT molecular complexity index is 551. The molecule has 1 saturated carbocycles. The zero-order chi connectivity index (χ0) is 15.5. The number of ether oxygens (including phenoxy) is 2. The molecule has 1 amide bonds. The summed E-state index contributed by atoms with van der Waals surface area (Å²) < 4.78 is 10.4. The van der Waals surface area contributed by atoms with Crippen molar-refractivity contribution >= 4 is 11.9 Å². The molecule has 0 saturated heterocycles. The first kappa shape index (κ1) is 15.2. The van der Waals surface area contributed by atoms with Gasteiger partial charge in [0.2, 0.25) is 5.91 Å². The zero-order valence-corrected chi connectivity index (χ0v) is 12.1. The molecule has 1 aliphatic carbocycles. The molecule has 0 bridgehead atoms. The Balaban J connectivity index is 1.96. The molecule has 0 heterocycles. The molecule has 6 nitrogen and oxygen atoms in total. The number of amides is 1. The van der Waals surface area contributed by atoms with Gasteiger partial charge in [-0.15, -0.1) is 0 Å². The lowest BCUT2D eigenvalue weighted by Gasteiger charge is -2.13. The quantitative estimate of drug-likeness (QED) is 0.793. The minimum atomic E-state index is -1.03. The van der Waals surface area contributed by atoms with E-state index in [1.807, 2.05) is 6.07 Å². The molecule has 6 heteroatoms. The van der Waals surface area contributed by atoms with Crippen LogP contribution in [0.25, 0.3) is 0 Å². The van der Waals surface area contributed by atoms with E-state index in [0.717, 1.165) is 5.56 Å². The monoisotopic (exact) mass is 293 g/mol. The fourth-order valence-corrected chi connectivity index (χ4v) is 2.17. The summed E-state index contributed by atoms with van der Waals surface area (Å²) in [6, 6.07) is 5.38. The summed E-state index contributed by atoms with van der Waals surface area (Å²) in [6.45, 7) is 0. The maximum Gasteiger partial charge on any atom is 0.329 e. The predicted molar refractivity (Wildman–Crippen MR) is 75.6 cm³/mol. The van der Waals surface area contributed by atoms with Crippen molar-refractivity contribution in [2.24, 2.45) is 0 Å². The van der Waals surface area contributed by atoms with Crippen LogP contribution in [0.1, 0.15) is 24.8 Å². The Morgan fingerprint density at radius 2 is 2.00 bits per heavy atom. The Kier molecular flexibility index (Phi) is 4.35. The van der Waals surface area contributed by atoms with Crippen molar-refractivity contribution in [3.8, 4) is 11.5 Å². The normalized spacial score (nSPS) is 15.1. The molecule has 2 rings (SSSR count). The van der Waals surface area contributed by atoms with Gasteiger partial charge in [0.05, 0.1) is 14.2 Å². The predicted octanol–water partition coefficient (Wildman–Crippen LogP) is 1.37. The topological polar surface area (TPSA) is 84.9 Å². The molecular formula is C15H19NO5. The van der Waals surface area contributed by atoms with Crippen molar-refractivity contribution in [2.45, 2.75) is 31.2 Å². The average Bonchev–Trinajstić information content (AvgIpc) is 3.25. The van der Waals surface area contributed by atoms with Crippen LogP contribution in [0.15, 0.2) is 18.2 Å². The largest absolute Gasteiger partial charge is 0.497 e. The van der Waals surface area contributed by atoms with E-state index in [1.54, 1.807) is 26.4 Å². The van der Waals surface area contributed by atoms with Crippen LogP contribution in [0.4, 0.5) is 0 Å². The van der Waals surface area contributed by atoms with E-state index in [1.165, 1.54) is 0 Å². The SMILES string of the molecule is COc1ccc(OC)c(CCC(=O)NC2(C(=O)O)CC2)c1. The summed E-state index contributed by atoms with van der Waals surface area (Å²) in [7, 11) is 3.14. The standard InChI is InChI=1S/C15H19NO5/c1-20-11-4-5-12(21-2)10(9-11)3-6-13(17)16-15(7-8-15)14(18)19/h4-5,9H,3,6-8H2,1-2H3,(H,16,17)(H,18,19). The van der Waals surface area contributed by atoms with Crippen molar-refractivity contribution in [2.75, 3.05) is 14.2 Å². The smallest absolute Gasteiger partial charge is 0.329 e. The van der Waals surface area contributed by atoms with E-state index < -0.39 is 11.5 Å². The van der Waals surface area contributed by atoms with E-state index in [9.17, 15) is 9.59 Å². The van der Waals surface area contributed by atoms with Crippen LogP contribution >= 0.6 is 0 Å². The van der Waals surface area contributed by atoms with Gasteiger partial charge in [-0.05, 0) is 43.0 Å². The van der Waals surface area contributed by atoms with Crippen LogP contribution in [0.3, 0.4) is 0 Å². The third-order valence-corrected chi connectivity index (χ3v) is 3.65. The lowest BCUT2D eigenvalue weighted by Crippen LogP contribution is -2.43. The first-order valence-electron chi connectivity index (χ1n) is 6.76. The summed E-state index contributed by atoms with van der Waals surface area (Å²) >= 11 is 0. The van der Waals surface area contributed by atoms with Crippen molar-refractivity contribution in [3.63, 3.8) is 0 Å². The number of rotatable bonds is 7. The van der Waals surface area contributed by atoms with Gasteiger partial charge >= 0.3 is 5.97 Å². The van der Waals surface area contributed by atoms with Crippen molar-refractivity contribution in [1.29, 1.82) is 0 Å². The van der Waals surface area contributed by atoms with E-state index in [2.05, 4.69) is 5.32 Å². The third kappa shape index (κ3) is 3.45. The van der Waals surface area contributed by atoms with Crippen LogP contribution < -0.4 is 14.8 Å². The number of aliphatic carboxylic acids is 1. The molecule has 0 aliphatic heterocycles. The number of carboxylic acid groups (broad SMARTS) is 1. The van der Waals surface area contributed by atoms with E-state index in [-0.39, 0.29) is 12.3 Å². The lowest BCUT2D eigenvalue weighted by atomic mass is 10.1. The number of hydrogen-bond donors (Lipinski definition) is 2. The molecule has 0 unspecified atom stereocenters. The van der Waals surface area contributed by atoms with Crippen LogP contribution in [-0.2, 0) is 16.0 Å². The highest BCUT2D eigenvalue weighted by Crippen LogP contribution is 2.35. The number of carboxylic acids is 1. The molecule has 114 valence electrons. The van der Waals surface area contributed by atoms with Gasteiger partial charge in [-0.3, -0.25) is 4.79 Å². The molecule has 1 fully saturated rings. The van der Waals surface area contributed by atoms with Crippen LogP contribution in [0.5, 0.6) is 11.5 Å². The highest BCUT2D eigenvalue weighted by molar-refractivity contribution is 5.89. The van der Waals surface area contributed by atoms with E-state index in [4.69, 9.17) is 14.6 Å². The Labute approximate surface area is 123 Å². The van der Waals surface area contributed by atoms with Gasteiger partial charge in [-0.1, -0.05) is 0 Å². The molecule has 0 spiro atoms. The number of methoxy groups -OCH3 is 2. The number of hydrogen-bond acceptors (Lipinski definition) is 4. The fraction of sp³-hybridized carbons (Fsp3) is 0.467. The average molecular weight is 293 g/mol. The zero-order valence-electron chi connectivity index (χ0n) is 12.1. The molecule has 0 radical (unpaired) electrons. The summed E-state index contributed by atoms with van der Waals surface area (Å²) in [5, 5.41) is 11.6. The van der Waals surface area contributed by atoms with Gasteiger partial charge in [0.1, 0.15) is 17.0 Å². The Hall–Kier alpha value is -2.24. The fourth-order valence-electron chi connectivity index (χ4n) is 2.17. The third-order valence-electron chi connectivity index (χ3n) is 3.65. The molecule has 21 heavy (non-hydrogen) atoms. The van der Waals surface area contributed by atoms with E-state index in [0.29, 0.717) is 30.8 Å². The van der Waals surface area contributed by atoms with E-state index >= 15 is 0 Å². The molecule has 0 atom stereocenters. The first-order chi connectivity index (χ1) is 10.0.